The van der Waals surface area contributed by atoms with Crippen LogP contribution in [0.1, 0.15) is 12.0 Å². The molecule has 0 aliphatic carbocycles. The lowest BCUT2D eigenvalue weighted by molar-refractivity contribution is -0.119. The number of carbonyl (C=O) groups is 2. The Hall–Kier alpha value is -3.29. The van der Waals surface area contributed by atoms with Crippen LogP contribution in [0.4, 0.5) is 14.5 Å². The number of nitrogens with zero attached hydrogens (tertiary/aromatic N) is 2. The lowest BCUT2D eigenvalue weighted by Gasteiger charge is -2.20. The van der Waals surface area contributed by atoms with E-state index in [9.17, 15) is 18.4 Å². The van der Waals surface area contributed by atoms with Crippen molar-refractivity contribution in [2.24, 2.45) is 10.8 Å². The molecule has 0 aromatic heterocycles. The summed E-state index contributed by atoms with van der Waals surface area (Å²) in [6.45, 7) is 0.190. The van der Waals surface area contributed by atoms with Gasteiger partial charge in [0, 0.05) is 13.0 Å². The summed E-state index contributed by atoms with van der Waals surface area (Å²) in [6.07, 6.45) is 0.0436. The molecule has 3 rings (SSSR count). The van der Waals surface area contributed by atoms with Crippen LogP contribution in [0.5, 0.6) is 0 Å². The Morgan fingerprint density at radius 2 is 1.65 bits per heavy atom. The molecule has 0 fully saturated rings. The molecule has 6 nitrogen and oxygen atoms in total. The standard InChI is InChI=1S/C18H16F2N4O2/c19-12-3-1-11(2-4-12)10-22-18(26)15-9-16(17(21)25)24(23-15)14-7-5-13(20)6-8-14/h1-8,16H,9-10H2,(H2,21,25)(H,22,26). The zero-order valence-corrected chi connectivity index (χ0v) is 13.7. The van der Waals surface area contributed by atoms with E-state index in [0.717, 1.165) is 5.56 Å². The van der Waals surface area contributed by atoms with Gasteiger partial charge in [-0.25, -0.2) is 8.78 Å². The van der Waals surface area contributed by atoms with E-state index in [4.69, 9.17) is 5.73 Å². The quantitative estimate of drug-likeness (QED) is 0.853. The zero-order chi connectivity index (χ0) is 18.7. The number of nitrogens with two attached hydrogens (primary N) is 1. The van der Waals surface area contributed by atoms with Gasteiger partial charge in [-0.05, 0) is 42.0 Å². The van der Waals surface area contributed by atoms with Crippen LogP contribution < -0.4 is 16.1 Å². The molecule has 134 valence electrons. The Kier molecular flexibility index (Phi) is 4.92. The molecule has 0 saturated carbocycles. The average molecular weight is 358 g/mol. The smallest absolute Gasteiger partial charge is 0.267 e. The molecule has 2 amide bonds. The van der Waals surface area contributed by atoms with Gasteiger partial charge in [0.05, 0.1) is 5.69 Å². The van der Waals surface area contributed by atoms with Crippen LogP contribution in [0.2, 0.25) is 0 Å². The van der Waals surface area contributed by atoms with E-state index in [-0.39, 0.29) is 24.5 Å². The summed E-state index contributed by atoms with van der Waals surface area (Å²) in [7, 11) is 0. The van der Waals surface area contributed by atoms with E-state index in [1.54, 1.807) is 12.1 Å². The van der Waals surface area contributed by atoms with Crippen molar-refractivity contribution < 1.29 is 18.4 Å². The molecule has 2 aromatic carbocycles. The van der Waals surface area contributed by atoms with Gasteiger partial charge in [0.1, 0.15) is 23.4 Å². The second kappa shape index (κ2) is 7.30. The number of halogens is 2. The summed E-state index contributed by atoms with van der Waals surface area (Å²) in [5.41, 5.74) is 6.72. The second-order valence-corrected chi connectivity index (χ2v) is 5.80. The first-order valence-electron chi connectivity index (χ1n) is 7.88. The van der Waals surface area contributed by atoms with Gasteiger partial charge >= 0.3 is 0 Å². The zero-order valence-electron chi connectivity index (χ0n) is 13.7. The van der Waals surface area contributed by atoms with Crippen molar-refractivity contribution in [1.29, 1.82) is 0 Å². The number of primary amides is 1. The highest BCUT2D eigenvalue weighted by molar-refractivity contribution is 6.40. The van der Waals surface area contributed by atoms with E-state index in [1.165, 1.54) is 41.4 Å². The number of anilines is 1. The Morgan fingerprint density at radius 3 is 2.23 bits per heavy atom. The van der Waals surface area contributed by atoms with Crippen LogP contribution in [0.25, 0.3) is 0 Å². The Bertz CT molecular complexity index is 850. The average Bonchev–Trinajstić information content (AvgIpc) is 3.07. The van der Waals surface area contributed by atoms with Crippen molar-refractivity contribution in [3.05, 3.63) is 65.7 Å². The van der Waals surface area contributed by atoms with E-state index < -0.39 is 23.7 Å². The maximum atomic E-state index is 13.1. The number of hydrogen-bond donors (Lipinski definition) is 2. The van der Waals surface area contributed by atoms with Crippen LogP contribution >= 0.6 is 0 Å². The predicted molar refractivity (Wildman–Crippen MR) is 92.2 cm³/mol. The van der Waals surface area contributed by atoms with E-state index in [0.29, 0.717) is 5.69 Å². The molecular formula is C18H16F2N4O2. The Labute approximate surface area is 148 Å². The number of nitrogens with one attached hydrogen (secondary N) is 1. The minimum Gasteiger partial charge on any atom is -0.368 e. The summed E-state index contributed by atoms with van der Waals surface area (Å²) < 4.78 is 26.0. The second-order valence-electron chi connectivity index (χ2n) is 5.80. The lowest BCUT2D eigenvalue weighted by Crippen LogP contribution is -2.39. The number of rotatable bonds is 5. The third-order valence-electron chi connectivity index (χ3n) is 3.96. The van der Waals surface area contributed by atoms with Crippen molar-refractivity contribution in [2.75, 3.05) is 5.01 Å². The summed E-state index contributed by atoms with van der Waals surface area (Å²) in [6, 6.07) is 10.3. The molecule has 26 heavy (non-hydrogen) atoms. The van der Waals surface area contributed by atoms with Crippen LogP contribution in [0.3, 0.4) is 0 Å². The van der Waals surface area contributed by atoms with Crippen LogP contribution in [-0.4, -0.2) is 23.6 Å². The maximum Gasteiger partial charge on any atom is 0.267 e. The van der Waals surface area contributed by atoms with Crippen molar-refractivity contribution in [3.63, 3.8) is 0 Å². The normalized spacial score (nSPS) is 16.3. The van der Waals surface area contributed by atoms with Crippen LogP contribution in [-0.2, 0) is 16.1 Å². The van der Waals surface area contributed by atoms with Crippen molar-refractivity contribution in [1.82, 2.24) is 5.32 Å². The molecule has 0 saturated heterocycles. The number of carbonyl (C=O) groups excluding carboxylic acids is 2. The van der Waals surface area contributed by atoms with Crippen molar-refractivity contribution >= 4 is 23.2 Å². The van der Waals surface area contributed by atoms with E-state index in [2.05, 4.69) is 10.4 Å². The van der Waals surface area contributed by atoms with E-state index >= 15 is 0 Å². The van der Waals surface area contributed by atoms with Gasteiger partial charge in [-0.2, -0.15) is 5.10 Å². The fraction of sp³-hybridized carbons (Fsp3) is 0.167. The van der Waals surface area contributed by atoms with Gasteiger partial charge < -0.3 is 11.1 Å². The van der Waals surface area contributed by atoms with Crippen molar-refractivity contribution in [3.8, 4) is 0 Å². The summed E-state index contributed by atoms with van der Waals surface area (Å²) in [5.74, 6) is -1.88. The highest BCUT2D eigenvalue weighted by Crippen LogP contribution is 2.24. The molecule has 1 aliphatic rings. The molecule has 0 bridgehead atoms. The highest BCUT2D eigenvalue weighted by Gasteiger charge is 2.34. The molecule has 3 N–H and O–H groups in total. The van der Waals surface area contributed by atoms with Crippen LogP contribution in [0, 0.1) is 11.6 Å². The topological polar surface area (TPSA) is 87.8 Å². The Balaban J connectivity index is 1.73. The molecular weight excluding hydrogens is 342 g/mol. The van der Waals surface area contributed by atoms with Gasteiger partial charge in [0.15, 0.2) is 0 Å². The molecule has 2 aromatic rings. The number of hydrogen-bond acceptors (Lipinski definition) is 4. The molecule has 0 radical (unpaired) electrons. The summed E-state index contributed by atoms with van der Waals surface area (Å²) in [4.78, 5) is 24.0. The minimum atomic E-state index is -0.827. The summed E-state index contributed by atoms with van der Waals surface area (Å²) >= 11 is 0. The SMILES string of the molecule is NC(=O)C1CC(C(=O)NCc2ccc(F)cc2)=NN1c1ccc(F)cc1. The van der Waals surface area contributed by atoms with E-state index in [1.807, 2.05) is 0 Å². The largest absolute Gasteiger partial charge is 0.368 e. The molecule has 1 atom stereocenters. The first kappa shape index (κ1) is 17.5. The predicted octanol–water partition coefficient (Wildman–Crippen LogP) is 1.70. The van der Waals surface area contributed by atoms with Crippen LogP contribution in [0.15, 0.2) is 53.6 Å². The lowest BCUT2D eigenvalue weighted by atomic mass is 10.1. The number of hydrazone groups is 1. The molecule has 8 heteroatoms. The Morgan fingerprint density at radius 1 is 1.08 bits per heavy atom. The minimum absolute atomic E-state index is 0.0436. The van der Waals surface area contributed by atoms with Gasteiger partial charge in [-0.15, -0.1) is 0 Å². The van der Waals surface area contributed by atoms with Gasteiger partial charge in [-0.1, -0.05) is 12.1 Å². The van der Waals surface area contributed by atoms with Gasteiger partial charge in [0.2, 0.25) is 5.91 Å². The van der Waals surface area contributed by atoms with Crippen molar-refractivity contribution in [2.45, 2.75) is 19.0 Å². The summed E-state index contributed by atoms with van der Waals surface area (Å²) in [5, 5.41) is 8.16. The highest BCUT2D eigenvalue weighted by atomic mass is 19.1. The monoisotopic (exact) mass is 358 g/mol. The fourth-order valence-corrected chi connectivity index (χ4v) is 2.59. The maximum absolute atomic E-state index is 13.1. The number of amides is 2. The third kappa shape index (κ3) is 3.85. The van der Waals surface area contributed by atoms with Gasteiger partial charge in [0.25, 0.3) is 5.91 Å². The molecule has 1 unspecified atom stereocenters. The van der Waals surface area contributed by atoms with Gasteiger partial charge in [-0.3, -0.25) is 14.6 Å². The molecule has 1 heterocycles. The first-order valence-corrected chi connectivity index (χ1v) is 7.88. The third-order valence-corrected chi connectivity index (χ3v) is 3.96. The first-order chi connectivity index (χ1) is 12.4. The fourth-order valence-electron chi connectivity index (χ4n) is 2.59. The number of benzene rings is 2. The molecule has 0 spiro atoms. The molecule has 1 aliphatic heterocycles.